The highest BCUT2D eigenvalue weighted by Gasteiger charge is 2.33. The maximum Gasteiger partial charge on any atom is 0.433 e. The van der Waals surface area contributed by atoms with E-state index in [0.717, 1.165) is 12.1 Å². The summed E-state index contributed by atoms with van der Waals surface area (Å²) in [6.07, 6.45) is -4.52. The summed E-state index contributed by atoms with van der Waals surface area (Å²) in [4.78, 5) is 3.54. The number of pyridine rings is 1. The Balaban J connectivity index is 0.000000956. The Bertz CT molecular complexity index is 599. The lowest BCUT2D eigenvalue weighted by Crippen LogP contribution is -2.09. The van der Waals surface area contributed by atoms with Crippen molar-refractivity contribution in [1.29, 1.82) is 5.26 Å². The Hall–Kier alpha value is -2.35. The van der Waals surface area contributed by atoms with Crippen molar-refractivity contribution in [2.45, 2.75) is 20.0 Å². The zero-order valence-corrected chi connectivity index (χ0v) is 11.1. The molecule has 5 heteroatoms. The summed E-state index contributed by atoms with van der Waals surface area (Å²) in [7, 11) is 0. The minimum Gasteiger partial charge on any atom is -0.242 e. The van der Waals surface area contributed by atoms with Gasteiger partial charge in [0.1, 0.15) is 11.8 Å². The predicted molar refractivity (Wildman–Crippen MR) is 70.7 cm³/mol. The van der Waals surface area contributed by atoms with Crippen LogP contribution in [0.4, 0.5) is 13.2 Å². The predicted octanol–water partition coefficient (Wildman–Crippen LogP) is 4.67. The van der Waals surface area contributed by atoms with E-state index in [1.165, 1.54) is 0 Å². The molecule has 0 N–H and O–H groups in total. The van der Waals surface area contributed by atoms with E-state index < -0.39 is 11.9 Å². The molecule has 2 aromatic rings. The SMILES string of the molecule is CC.N#Cc1ccc(C(F)(F)F)nc1-c1ccccc1. The Kier molecular flexibility index (Phi) is 5.27. The van der Waals surface area contributed by atoms with Crippen molar-refractivity contribution in [2.24, 2.45) is 0 Å². The Morgan fingerprint density at radius 1 is 1.00 bits per heavy atom. The van der Waals surface area contributed by atoms with Gasteiger partial charge < -0.3 is 0 Å². The summed E-state index contributed by atoms with van der Waals surface area (Å²) < 4.78 is 37.7. The van der Waals surface area contributed by atoms with Crippen molar-refractivity contribution in [3.63, 3.8) is 0 Å². The minimum absolute atomic E-state index is 0.0490. The second-order valence-corrected chi connectivity index (χ2v) is 3.57. The molecule has 2 rings (SSSR count). The number of nitriles is 1. The first kappa shape index (κ1) is 15.7. The first-order chi connectivity index (χ1) is 9.52. The summed E-state index contributed by atoms with van der Waals surface area (Å²) in [5.41, 5.74) is -0.345. The third-order valence-corrected chi connectivity index (χ3v) is 2.35. The number of hydrogen-bond acceptors (Lipinski definition) is 2. The van der Waals surface area contributed by atoms with Gasteiger partial charge in [0.05, 0.1) is 11.3 Å². The normalized spacial score (nSPS) is 10.2. The standard InChI is InChI=1S/C13H7F3N2.C2H6/c14-13(15,16)11-7-6-10(8-17)12(18-11)9-4-2-1-3-5-9;1-2/h1-7H;1-2H3. The average molecular weight is 278 g/mol. The van der Waals surface area contributed by atoms with Crippen molar-refractivity contribution in [1.82, 2.24) is 4.98 Å². The summed E-state index contributed by atoms with van der Waals surface area (Å²) in [6, 6.07) is 12.1. The smallest absolute Gasteiger partial charge is 0.242 e. The van der Waals surface area contributed by atoms with Gasteiger partial charge in [-0.3, -0.25) is 0 Å². The largest absolute Gasteiger partial charge is 0.433 e. The second kappa shape index (κ2) is 6.71. The molecule has 0 saturated heterocycles. The van der Waals surface area contributed by atoms with E-state index in [1.54, 1.807) is 30.3 Å². The number of nitrogens with zero attached hydrogens (tertiary/aromatic N) is 2. The van der Waals surface area contributed by atoms with Gasteiger partial charge in [-0.2, -0.15) is 18.4 Å². The molecule has 0 bridgehead atoms. The molecule has 0 amide bonds. The first-order valence-corrected chi connectivity index (χ1v) is 6.06. The molecule has 0 aliphatic carbocycles. The van der Waals surface area contributed by atoms with Gasteiger partial charge in [0.15, 0.2) is 0 Å². The van der Waals surface area contributed by atoms with Crippen LogP contribution in [0.1, 0.15) is 25.1 Å². The molecule has 0 atom stereocenters. The van der Waals surface area contributed by atoms with E-state index in [0.29, 0.717) is 5.56 Å². The summed E-state index contributed by atoms with van der Waals surface area (Å²) in [5.74, 6) is 0. The molecule has 0 aliphatic heterocycles. The van der Waals surface area contributed by atoms with E-state index in [-0.39, 0.29) is 11.3 Å². The lowest BCUT2D eigenvalue weighted by Gasteiger charge is -2.09. The maximum absolute atomic E-state index is 12.6. The van der Waals surface area contributed by atoms with Crippen LogP contribution in [-0.2, 0) is 6.18 Å². The molecule has 1 aromatic heterocycles. The fraction of sp³-hybridized carbons (Fsp3) is 0.200. The van der Waals surface area contributed by atoms with E-state index in [4.69, 9.17) is 5.26 Å². The number of aromatic nitrogens is 1. The van der Waals surface area contributed by atoms with Gasteiger partial charge >= 0.3 is 6.18 Å². The average Bonchev–Trinajstić information content (AvgIpc) is 2.48. The van der Waals surface area contributed by atoms with E-state index in [1.807, 2.05) is 19.9 Å². The minimum atomic E-state index is -4.52. The number of alkyl halides is 3. The van der Waals surface area contributed by atoms with Crippen molar-refractivity contribution >= 4 is 0 Å². The molecule has 1 heterocycles. The number of benzene rings is 1. The van der Waals surface area contributed by atoms with Gasteiger partial charge in [-0.05, 0) is 12.1 Å². The van der Waals surface area contributed by atoms with Crippen LogP contribution in [0.15, 0.2) is 42.5 Å². The highest BCUT2D eigenvalue weighted by Crippen LogP contribution is 2.30. The van der Waals surface area contributed by atoms with Crippen LogP contribution in [0, 0.1) is 11.3 Å². The first-order valence-electron chi connectivity index (χ1n) is 6.06. The van der Waals surface area contributed by atoms with Crippen LogP contribution in [-0.4, -0.2) is 4.98 Å². The van der Waals surface area contributed by atoms with Crippen LogP contribution >= 0.6 is 0 Å². The second-order valence-electron chi connectivity index (χ2n) is 3.57. The highest BCUT2D eigenvalue weighted by molar-refractivity contribution is 5.66. The molecular weight excluding hydrogens is 265 g/mol. The number of rotatable bonds is 1. The topological polar surface area (TPSA) is 36.7 Å². The summed E-state index contributed by atoms with van der Waals surface area (Å²) in [6.45, 7) is 4.00. The highest BCUT2D eigenvalue weighted by atomic mass is 19.4. The third kappa shape index (κ3) is 3.58. The van der Waals surface area contributed by atoms with Crippen molar-refractivity contribution < 1.29 is 13.2 Å². The fourth-order valence-electron chi connectivity index (χ4n) is 1.52. The van der Waals surface area contributed by atoms with E-state index >= 15 is 0 Å². The Labute approximate surface area is 115 Å². The molecule has 0 aliphatic rings. The molecule has 0 unspecified atom stereocenters. The van der Waals surface area contributed by atoms with E-state index in [2.05, 4.69) is 4.98 Å². The zero-order valence-electron chi connectivity index (χ0n) is 11.1. The monoisotopic (exact) mass is 278 g/mol. The zero-order chi connectivity index (χ0) is 15.2. The van der Waals surface area contributed by atoms with Crippen LogP contribution in [0.5, 0.6) is 0 Å². The molecule has 20 heavy (non-hydrogen) atoms. The van der Waals surface area contributed by atoms with Crippen LogP contribution in [0.2, 0.25) is 0 Å². The molecule has 1 aromatic carbocycles. The summed E-state index contributed by atoms with van der Waals surface area (Å²) >= 11 is 0. The van der Waals surface area contributed by atoms with Gasteiger partial charge in [-0.25, -0.2) is 4.98 Å². The van der Waals surface area contributed by atoms with Gasteiger partial charge in [0.2, 0.25) is 0 Å². The lowest BCUT2D eigenvalue weighted by molar-refractivity contribution is -0.141. The molecule has 104 valence electrons. The quantitative estimate of drug-likeness (QED) is 0.760. The molecule has 0 radical (unpaired) electrons. The molecule has 0 spiro atoms. The molecule has 2 nitrogen and oxygen atoms in total. The fourth-order valence-corrected chi connectivity index (χ4v) is 1.52. The molecule has 0 fully saturated rings. The number of hydrogen-bond donors (Lipinski definition) is 0. The van der Waals surface area contributed by atoms with Crippen LogP contribution in [0.25, 0.3) is 11.3 Å². The van der Waals surface area contributed by atoms with Crippen molar-refractivity contribution in [3.8, 4) is 17.3 Å². The third-order valence-electron chi connectivity index (χ3n) is 2.35. The Morgan fingerprint density at radius 2 is 1.60 bits per heavy atom. The summed E-state index contributed by atoms with van der Waals surface area (Å²) in [5, 5.41) is 8.90. The van der Waals surface area contributed by atoms with Gasteiger partial charge in [-0.1, -0.05) is 44.2 Å². The van der Waals surface area contributed by atoms with Crippen molar-refractivity contribution in [3.05, 3.63) is 53.7 Å². The van der Waals surface area contributed by atoms with Gasteiger partial charge in [-0.15, -0.1) is 0 Å². The number of halogens is 3. The van der Waals surface area contributed by atoms with Crippen molar-refractivity contribution in [2.75, 3.05) is 0 Å². The van der Waals surface area contributed by atoms with E-state index in [9.17, 15) is 13.2 Å². The van der Waals surface area contributed by atoms with Gasteiger partial charge in [0, 0.05) is 5.56 Å². The van der Waals surface area contributed by atoms with Crippen LogP contribution < -0.4 is 0 Å². The van der Waals surface area contributed by atoms with Gasteiger partial charge in [0.25, 0.3) is 0 Å². The lowest BCUT2D eigenvalue weighted by atomic mass is 10.1. The van der Waals surface area contributed by atoms with Crippen LogP contribution in [0.3, 0.4) is 0 Å². The maximum atomic E-state index is 12.6. The Morgan fingerprint density at radius 3 is 2.10 bits per heavy atom. The molecule has 0 saturated carbocycles. The molecular formula is C15H13F3N2.